The fraction of sp³-hybridized carbons (Fsp3) is 0.500. The van der Waals surface area contributed by atoms with E-state index in [1.54, 1.807) is 25.2 Å². The molecule has 0 radical (unpaired) electrons. The van der Waals surface area contributed by atoms with E-state index in [1.807, 2.05) is 12.3 Å². The maximum Gasteiger partial charge on any atom is 0.309 e. The van der Waals surface area contributed by atoms with Gasteiger partial charge in [0.15, 0.2) is 0 Å². The maximum atomic E-state index is 10.9. The summed E-state index contributed by atoms with van der Waals surface area (Å²) in [4.78, 5) is 12.0. The van der Waals surface area contributed by atoms with Gasteiger partial charge in [-0.3, -0.25) is 4.79 Å². The Morgan fingerprint density at radius 3 is 2.57 bits per heavy atom. The number of aliphatic carboxylic acids is 1. The van der Waals surface area contributed by atoms with Crippen LogP contribution in [-0.4, -0.2) is 11.1 Å². The van der Waals surface area contributed by atoms with Crippen molar-refractivity contribution in [3.8, 4) is 0 Å². The van der Waals surface area contributed by atoms with Gasteiger partial charge < -0.3 is 5.11 Å². The second kappa shape index (κ2) is 4.03. The van der Waals surface area contributed by atoms with Crippen LogP contribution in [0.2, 0.25) is 0 Å². The molecular formula is C10H13BrO2S. The van der Waals surface area contributed by atoms with Gasteiger partial charge >= 0.3 is 5.97 Å². The monoisotopic (exact) mass is 276 g/mol. The van der Waals surface area contributed by atoms with Gasteiger partial charge in [-0.25, -0.2) is 0 Å². The first kappa shape index (κ1) is 11.7. The molecule has 1 aromatic rings. The van der Waals surface area contributed by atoms with Crippen molar-refractivity contribution in [2.45, 2.75) is 27.2 Å². The second-order valence-electron chi connectivity index (χ2n) is 4.02. The van der Waals surface area contributed by atoms with Crippen LogP contribution in [-0.2, 0) is 11.2 Å². The Morgan fingerprint density at radius 1 is 1.64 bits per heavy atom. The highest BCUT2D eigenvalue weighted by atomic mass is 79.9. The van der Waals surface area contributed by atoms with Gasteiger partial charge in [0.2, 0.25) is 0 Å². The summed E-state index contributed by atoms with van der Waals surface area (Å²) in [6.45, 7) is 5.51. The molecule has 0 saturated carbocycles. The maximum absolute atomic E-state index is 10.9. The molecule has 0 fully saturated rings. The number of thiophene rings is 1. The summed E-state index contributed by atoms with van der Waals surface area (Å²) in [5.74, 6) is -0.754. The summed E-state index contributed by atoms with van der Waals surface area (Å²) < 4.78 is 1.05. The molecule has 1 rings (SSSR count). The Kier molecular flexibility index (Phi) is 3.37. The molecule has 0 bridgehead atoms. The molecule has 0 unspecified atom stereocenters. The fourth-order valence-corrected chi connectivity index (χ4v) is 2.91. The van der Waals surface area contributed by atoms with Crippen molar-refractivity contribution in [3.63, 3.8) is 0 Å². The first-order valence-electron chi connectivity index (χ1n) is 4.30. The molecule has 78 valence electrons. The van der Waals surface area contributed by atoms with E-state index >= 15 is 0 Å². The Hall–Kier alpha value is -0.350. The van der Waals surface area contributed by atoms with Crippen LogP contribution < -0.4 is 0 Å². The highest BCUT2D eigenvalue weighted by Gasteiger charge is 2.28. The molecule has 0 aliphatic carbocycles. The molecule has 1 N–H and O–H groups in total. The normalized spacial score (nSPS) is 11.7. The Labute approximate surface area is 96.1 Å². The Balaban J connectivity index is 2.89. The summed E-state index contributed by atoms with van der Waals surface area (Å²) in [5, 5.41) is 11.0. The van der Waals surface area contributed by atoms with Gasteiger partial charge in [0, 0.05) is 9.35 Å². The first-order chi connectivity index (χ1) is 6.34. The van der Waals surface area contributed by atoms with E-state index in [0.29, 0.717) is 6.42 Å². The van der Waals surface area contributed by atoms with Gasteiger partial charge in [-0.05, 0) is 54.1 Å². The van der Waals surface area contributed by atoms with Crippen molar-refractivity contribution < 1.29 is 9.90 Å². The topological polar surface area (TPSA) is 37.3 Å². The summed E-state index contributed by atoms with van der Waals surface area (Å²) in [7, 11) is 0. The number of carboxylic acid groups (broad SMARTS) is 1. The molecule has 0 amide bonds. The second-order valence-corrected chi connectivity index (χ2v) is 5.78. The minimum absolute atomic E-state index is 0.571. The number of hydrogen-bond donors (Lipinski definition) is 1. The quantitative estimate of drug-likeness (QED) is 0.918. The SMILES string of the molecule is Cc1csc(CC(C)(C)C(=O)O)c1Br. The number of rotatable bonds is 3. The molecular weight excluding hydrogens is 264 g/mol. The fourth-order valence-electron chi connectivity index (χ4n) is 1.08. The summed E-state index contributed by atoms with van der Waals surface area (Å²) in [6, 6.07) is 0. The molecule has 0 aliphatic rings. The highest BCUT2D eigenvalue weighted by molar-refractivity contribution is 9.10. The summed E-state index contributed by atoms with van der Waals surface area (Å²) >= 11 is 5.08. The van der Waals surface area contributed by atoms with E-state index in [9.17, 15) is 4.79 Å². The van der Waals surface area contributed by atoms with E-state index in [1.165, 1.54) is 5.56 Å². The Bertz CT molecular complexity index is 355. The van der Waals surface area contributed by atoms with Crippen LogP contribution in [0.15, 0.2) is 9.85 Å². The molecule has 0 atom stereocenters. The molecule has 2 nitrogen and oxygen atoms in total. The van der Waals surface area contributed by atoms with Gasteiger partial charge in [0.05, 0.1) is 5.41 Å². The molecule has 14 heavy (non-hydrogen) atoms. The molecule has 1 aromatic heterocycles. The summed E-state index contributed by atoms with van der Waals surface area (Å²) in [5.41, 5.74) is 0.478. The van der Waals surface area contributed by atoms with Crippen molar-refractivity contribution in [2.24, 2.45) is 5.41 Å². The lowest BCUT2D eigenvalue weighted by molar-refractivity contribution is -0.146. The predicted molar refractivity (Wildman–Crippen MR) is 61.9 cm³/mol. The van der Waals surface area contributed by atoms with Crippen molar-refractivity contribution in [2.75, 3.05) is 0 Å². The van der Waals surface area contributed by atoms with Crippen LogP contribution in [0, 0.1) is 12.3 Å². The third-order valence-electron chi connectivity index (χ3n) is 2.15. The van der Waals surface area contributed by atoms with Crippen LogP contribution >= 0.6 is 27.3 Å². The van der Waals surface area contributed by atoms with E-state index in [-0.39, 0.29) is 0 Å². The minimum Gasteiger partial charge on any atom is -0.481 e. The van der Waals surface area contributed by atoms with Crippen molar-refractivity contribution in [1.82, 2.24) is 0 Å². The molecule has 0 spiro atoms. The zero-order valence-corrected chi connectivity index (χ0v) is 10.8. The third kappa shape index (κ3) is 2.36. The lowest BCUT2D eigenvalue weighted by Gasteiger charge is -2.18. The summed E-state index contributed by atoms with van der Waals surface area (Å²) in [6.07, 6.45) is 0.571. The number of hydrogen-bond acceptors (Lipinski definition) is 2. The van der Waals surface area contributed by atoms with Crippen molar-refractivity contribution >= 4 is 33.2 Å². The van der Waals surface area contributed by atoms with Crippen LogP contribution in [0.25, 0.3) is 0 Å². The van der Waals surface area contributed by atoms with Gasteiger partial charge in [0.25, 0.3) is 0 Å². The largest absolute Gasteiger partial charge is 0.481 e. The molecule has 0 aromatic carbocycles. The van der Waals surface area contributed by atoms with Gasteiger partial charge in [-0.2, -0.15) is 0 Å². The zero-order valence-electron chi connectivity index (χ0n) is 8.43. The predicted octanol–water partition coefficient (Wildman–Crippen LogP) is 3.47. The standard InChI is InChI=1S/C10H13BrO2S/c1-6-5-14-7(8(6)11)4-10(2,3)9(12)13/h5H,4H2,1-3H3,(H,12,13). The van der Waals surface area contributed by atoms with E-state index in [2.05, 4.69) is 15.9 Å². The molecule has 4 heteroatoms. The van der Waals surface area contributed by atoms with Crippen LogP contribution in [0.1, 0.15) is 24.3 Å². The third-order valence-corrected chi connectivity index (χ3v) is 4.62. The lowest BCUT2D eigenvalue weighted by atomic mass is 9.89. The molecule has 0 saturated heterocycles. The number of aryl methyl sites for hydroxylation is 1. The Morgan fingerprint density at radius 2 is 2.21 bits per heavy atom. The van der Waals surface area contributed by atoms with Crippen LogP contribution in [0.5, 0.6) is 0 Å². The smallest absolute Gasteiger partial charge is 0.309 e. The van der Waals surface area contributed by atoms with Crippen LogP contribution in [0.4, 0.5) is 0 Å². The van der Waals surface area contributed by atoms with Gasteiger partial charge in [0.1, 0.15) is 0 Å². The van der Waals surface area contributed by atoms with E-state index in [0.717, 1.165) is 9.35 Å². The highest BCUT2D eigenvalue weighted by Crippen LogP contribution is 2.33. The minimum atomic E-state index is -0.754. The van der Waals surface area contributed by atoms with Crippen molar-refractivity contribution in [3.05, 3.63) is 20.3 Å². The molecule has 1 heterocycles. The van der Waals surface area contributed by atoms with E-state index < -0.39 is 11.4 Å². The number of carboxylic acids is 1. The van der Waals surface area contributed by atoms with Crippen molar-refractivity contribution in [1.29, 1.82) is 0 Å². The average Bonchev–Trinajstić information content (AvgIpc) is 2.35. The number of carbonyl (C=O) groups is 1. The van der Waals surface area contributed by atoms with Crippen LogP contribution in [0.3, 0.4) is 0 Å². The number of halogens is 1. The van der Waals surface area contributed by atoms with Gasteiger partial charge in [-0.15, -0.1) is 11.3 Å². The van der Waals surface area contributed by atoms with E-state index in [4.69, 9.17) is 5.11 Å². The lowest BCUT2D eigenvalue weighted by Crippen LogP contribution is -2.25. The first-order valence-corrected chi connectivity index (χ1v) is 5.97. The average molecular weight is 277 g/mol. The molecule has 0 aliphatic heterocycles. The van der Waals surface area contributed by atoms with Gasteiger partial charge in [-0.1, -0.05) is 0 Å². The zero-order chi connectivity index (χ0) is 10.9.